The van der Waals surface area contributed by atoms with E-state index < -0.39 is 17.6 Å². The maximum absolute atomic E-state index is 12.9. The maximum atomic E-state index is 12.9. The van der Waals surface area contributed by atoms with Crippen LogP contribution in [0.5, 0.6) is 0 Å². The number of carbonyl (C=O) groups excluding carboxylic acids is 1. The normalized spacial score (nSPS) is 21.1. The zero-order valence-electron chi connectivity index (χ0n) is 10.9. The summed E-state index contributed by atoms with van der Waals surface area (Å²) in [6.07, 6.45) is 1.64. The van der Waals surface area contributed by atoms with E-state index in [0.717, 1.165) is 37.9 Å². The van der Waals surface area contributed by atoms with Crippen LogP contribution in [0.15, 0.2) is 18.5 Å². The van der Waals surface area contributed by atoms with Crippen molar-refractivity contribution >= 4 is 5.91 Å². The van der Waals surface area contributed by atoms with Crippen molar-refractivity contribution < 1.29 is 18.0 Å². The van der Waals surface area contributed by atoms with Crippen LogP contribution in [0.4, 0.5) is 13.2 Å². The molecule has 3 rings (SSSR count). The summed E-state index contributed by atoms with van der Waals surface area (Å²) in [6, 6.07) is 1.16. The van der Waals surface area contributed by atoms with Crippen molar-refractivity contribution in [3.8, 4) is 0 Å². The maximum Gasteiger partial charge on any atom is 0.418 e. The molecule has 2 fully saturated rings. The summed E-state index contributed by atoms with van der Waals surface area (Å²) in [6.45, 7) is 1.14. The molecule has 6 heteroatoms. The van der Waals surface area contributed by atoms with E-state index in [1.807, 2.05) is 0 Å². The molecular formula is C14H15F3N2O. The van der Waals surface area contributed by atoms with E-state index in [1.54, 1.807) is 4.90 Å². The fourth-order valence-electron chi connectivity index (χ4n) is 3.17. The fraction of sp³-hybridized carbons (Fsp3) is 0.571. The van der Waals surface area contributed by atoms with E-state index in [9.17, 15) is 18.0 Å². The Morgan fingerprint density at radius 3 is 2.60 bits per heavy atom. The largest absolute Gasteiger partial charge is 0.418 e. The van der Waals surface area contributed by atoms with E-state index >= 15 is 0 Å². The summed E-state index contributed by atoms with van der Waals surface area (Å²) in [5, 5.41) is 0. The van der Waals surface area contributed by atoms with Gasteiger partial charge in [0.1, 0.15) is 0 Å². The monoisotopic (exact) mass is 284 g/mol. The van der Waals surface area contributed by atoms with Crippen LogP contribution in [-0.2, 0) is 6.18 Å². The third-order valence-corrected chi connectivity index (χ3v) is 4.50. The second kappa shape index (κ2) is 4.46. The molecule has 2 heterocycles. The van der Waals surface area contributed by atoms with Crippen molar-refractivity contribution in [2.24, 2.45) is 5.41 Å². The van der Waals surface area contributed by atoms with Crippen molar-refractivity contribution in [2.75, 3.05) is 13.1 Å². The third-order valence-electron chi connectivity index (χ3n) is 4.50. The highest BCUT2D eigenvalue weighted by atomic mass is 19.4. The number of likely N-dealkylation sites (tertiary alicyclic amines) is 1. The Kier molecular flexibility index (Phi) is 2.99. The molecule has 1 saturated heterocycles. The Labute approximate surface area is 114 Å². The van der Waals surface area contributed by atoms with Crippen LogP contribution in [0, 0.1) is 5.41 Å². The van der Waals surface area contributed by atoms with E-state index in [1.165, 1.54) is 6.20 Å². The van der Waals surface area contributed by atoms with Crippen LogP contribution in [0.25, 0.3) is 0 Å². The fourth-order valence-corrected chi connectivity index (χ4v) is 3.17. The molecule has 1 amide bonds. The minimum atomic E-state index is -4.55. The quantitative estimate of drug-likeness (QED) is 0.794. The van der Waals surface area contributed by atoms with Gasteiger partial charge >= 0.3 is 6.18 Å². The molecule has 0 radical (unpaired) electrons. The minimum absolute atomic E-state index is 0.182. The van der Waals surface area contributed by atoms with Crippen LogP contribution in [0.1, 0.15) is 41.6 Å². The van der Waals surface area contributed by atoms with Gasteiger partial charge in [-0.25, -0.2) is 0 Å². The number of aromatic nitrogens is 1. The molecule has 1 aromatic heterocycles. The number of hydrogen-bond acceptors (Lipinski definition) is 2. The molecule has 20 heavy (non-hydrogen) atoms. The van der Waals surface area contributed by atoms with Gasteiger partial charge in [-0.15, -0.1) is 0 Å². The number of nitrogens with zero attached hydrogens (tertiary/aromatic N) is 2. The van der Waals surface area contributed by atoms with Crippen molar-refractivity contribution in [2.45, 2.75) is 31.9 Å². The first-order chi connectivity index (χ1) is 9.41. The summed E-state index contributed by atoms with van der Waals surface area (Å²) in [5.41, 5.74) is -1.05. The van der Waals surface area contributed by atoms with Gasteiger partial charge in [-0.05, 0) is 30.7 Å². The molecule has 108 valence electrons. The second-order valence-corrected chi connectivity index (χ2v) is 5.75. The number of hydrogen-bond donors (Lipinski definition) is 0. The minimum Gasteiger partial charge on any atom is -0.338 e. The first-order valence-corrected chi connectivity index (χ1v) is 6.72. The average Bonchev–Trinajstić information content (AvgIpc) is 2.82. The van der Waals surface area contributed by atoms with Gasteiger partial charge in [0.2, 0.25) is 0 Å². The molecule has 2 aliphatic rings. The van der Waals surface area contributed by atoms with Gasteiger partial charge in [0.05, 0.1) is 11.1 Å². The lowest BCUT2D eigenvalue weighted by atomic mass is 9.68. The standard InChI is InChI=1S/C14H15F3N2O/c15-14(16,17)11-8-18-6-2-10(11)12(20)19-7-5-13(9-19)3-1-4-13/h2,6,8H,1,3-5,7,9H2. The topological polar surface area (TPSA) is 33.2 Å². The molecule has 1 spiro atoms. The Hall–Kier alpha value is -1.59. The molecule has 0 N–H and O–H groups in total. The highest BCUT2D eigenvalue weighted by Crippen LogP contribution is 2.48. The molecule has 1 aromatic rings. The van der Waals surface area contributed by atoms with Gasteiger partial charge in [0.25, 0.3) is 5.91 Å². The SMILES string of the molecule is O=C(c1ccncc1C(F)(F)F)N1CCC2(CCC2)C1. The number of amides is 1. The summed E-state index contributed by atoms with van der Waals surface area (Å²) in [5.74, 6) is -0.525. The molecule has 0 aromatic carbocycles. The zero-order chi connectivity index (χ0) is 14.4. The molecule has 0 atom stereocenters. The molecule has 1 aliphatic carbocycles. The van der Waals surface area contributed by atoms with E-state index in [-0.39, 0.29) is 11.0 Å². The molecule has 0 unspecified atom stereocenters. The Balaban J connectivity index is 1.85. The Bertz CT molecular complexity index is 537. The van der Waals surface area contributed by atoms with Crippen LogP contribution in [-0.4, -0.2) is 28.9 Å². The highest BCUT2D eigenvalue weighted by Gasteiger charge is 2.45. The van der Waals surface area contributed by atoms with E-state index in [4.69, 9.17) is 0 Å². The van der Waals surface area contributed by atoms with Gasteiger partial charge in [0.15, 0.2) is 0 Å². The molecule has 1 saturated carbocycles. The van der Waals surface area contributed by atoms with E-state index in [2.05, 4.69) is 4.98 Å². The lowest BCUT2D eigenvalue weighted by Gasteiger charge is -2.38. The molecule has 0 bridgehead atoms. The summed E-state index contributed by atoms with van der Waals surface area (Å²) in [7, 11) is 0. The Morgan fingerprint density at radius 2 is 2.05 bits per heavy atom. The van der Waals surface area contributed by atoms with Gasteiger partial charge in [-0.2, -0.15) is 13.2 Å². The third kappa shape index (κ3) is 2.17. The van der Waals surface area contributed by atoms with E-state index in [0.29, 0.717) is 13.1 Å². The number of rotatable bonds is 1. The van der Waals surface area contributed by atoms with Crippen LogP contribution >= 0.6 is 0 Å². The Morgan fingerprint density at radius 1 is 1.30 bits per heavy atom. The first-order valence-electron chi connectivity index (χ1n) is 6.72. The predicted octanol–water partition coefficient (Wildman–Crippen LogP) is 3.12. The van der Waals surface area contributed by atoms with Crippen molar-refractivity contribution in [3.05, 3.63) is 29.6 Å². The number of halogens is 3. The van der Waals surface area contributed by atoms with Crippen molar-refractivity contribution in [3.63, 3.8) is 0 Å². The molecular weight excluding hydrogens is 269 g/mol. The number of pyridine rings is 1. The van der Waals surface area contributed by atoms with Gasteiger partial charge in [-0.1, -0.05) is 6.42 Å². The lowest BCUT2D eigenvalue weighted by molar-refractivity contribution is -0.138. The second-order valence-electron chi connectivity index (χ2n) is 5.75. The average molecular weight is 284 g/mol. The van der Waals surface area contributed by atoms with Gasteiger partial charge in [-0.3, -0.25) is 9.78 Å². The first kappa shape index (κ1) is 13.4. The van der Waals surface area contributed by atoms with Crippen LogP contribution in [0.3, 0.4) is 0 Å². The highest BCUT2D eigenvalue weighted by molar-refractivity contribution is 5.96. The predicted molar refractivity (Wildman–Crippen MR) is 66.0 cm³/mol. The smallest absolute Gasteiger partial charge is 0.338 e. The van der Waals surface area contributed by atoms with Crippen molar-refractivity contribution in [1.82, 2.24) is 9.88 Å². The lowest BCUT2D eigenvalue weighted by Crippen LogP contribution is -2.36. The number of alkyl halides is 3. The van der Waals surface area contributed by atoms with Crippen LogP contribution in [0.2, 0.25) is 0 Å². The van der Waals surface area contributed by atoms with Crippen molar-refractivity contribution in [1.29, 1.82) is 0 Å². The number of carbonyl (C=O) groups is 1. The summed E-state index contributed by atoms with van der Waals surface area (Å²) >= 11 is 0. The summed E-state index contributed by atoms with van der Waals surface area (Å²) < 4.78 is 38.7. The van der Waals surface area contributed by atoms with Crippen LogP contribution < -0.4 is 0 Å². The molecule has 3 nitrogen and oxygen atoms in total. The van der Waals surface area contributed by atoms with Gasteiger partial charge < -0.3 is 4.90 Å². The zero-order valence-corrected chi connectivity index (χ0v) is 10.9. The summed E-state index contributed by atoms with van der Waals surface area (Å²) in [4.78, 5) is 17.4. The van der Waals surface area contributed by atoms with Gasteiger partial charge in [0, 0.05) is 25.5 Å². The molecule has 1 aliphatic heterocycles.